The SMILES string of the molecule is Cc1ccc(C(=O)O)cc1Nc1cnn(-c2ccccc2)c1. The minimum atomic E-state index is -0.942. The Labute approximate surface area is 127 Å². The van der Waals surface area contributed by atoms with Crippen LogP contribution in [-0.4, -0.2) is 20.9 Å². The van der Waals surface area contributed by atoms with Gasteiger partial charge in [-0.1, -0.05) is 24.3 Å². The van der Waals surface area contributed by atoms with Gasteiger partial charge in [0.25, 0.3) is 0 Å². The number of carboxylic acid groups (broad SMARTS) is 1. The zero-order valence-electron chi connectivity index (χ0n) is 12.0. The van der Waals surface area contributed by atoms with Crippen molar-refractivity contribution in [2.75, 3.05) is 5.32 Å². The highest BCUT2D eigenvalue weighted by Crippen LogP contribution is 2.22. The van der Waals surface area contributed by atoms with E-state index in [9.17, 15) is 4.79 Å². The van der Waals surface area contributed by atoms with Crippen LogP contribution in [0.2, 0.25) is 0 Å². The van der Waals surface area contributed by atoms with Gasteiger partial charge >= 0.3 is 5.97 Å². The van der Waals surface area contributed by atoms with Crippen LogP contribution in [0, 0.1) is 6.92 Å². The molecule has 0 atom stereocenters. The Morgan fingerprint density at radius 3 is 2.68 bits per heavy atom. The molecule has 0 aliphatic carbocycles. The van der Waals surface area contributed by atoms with Crippen molar-refractivity contribution in [3.8, 4) is 5.69 Å². The molecule has 0 radical (unpaired) electrons. The molecule has 2 aromatic carbocycles. The van der Waals surface area contributed by atoms with Gasteiger partial charge in [0, 0.05) is 5.69 Å². The van der Waals surface area contributed by atoms with Crippen molar-refractivity contribution in [2.24, 2.45) is 0 Å². The van der Waals surface area contributed by atoms with Crippen LogP contribution in [0.3, 0.4) is 0 Å². The van der Waals surface area contributed by atoms with Crippen LogP contribution in [0.25, 0.3) is 5.69 Å². The first-order valence-electron chi connectivity index (χ1n) is 6.84. The van der Waals surface area contributed by atoms with Crippen LogP contribution in [0.4, 0.5) is 11.4 Å². The predicted molar refractivity (Wildman–Crippen MR) is 85.0 cm³/mol. The summed E-state index contributed by atoms with van der Waals surface area (Å²) in [7, 11) is 0. The first-order valence-corrected chi connectivity index (χ1v) is 6.84. The molecule has 0 bridgehead atoms. The number of para-hydroxylation sites is 1. The summed E-state index contributed by atoms with van der Waals surface area (Å²) in [5.41, 5.74) is 3.74. The van der Waals surface area contributed by atoms with E-state index in [2.05, 4.69) is 10.4 Å². The van der Waals surface area contributed by atoms with Gasteiger partial charge in [-0.2, -0.15) is 5.10 Å². The molecule has 0 unspecified atom stereocenters. The molecule has 0 amide bonds. The molecule has 0 spiro atoms. The zero-order chi connectivity index (χ0) is 15.5. The van der Waals surface area contributed by atoms with Crippen LogP contribution in [0.5, 0.6) is 0 Å². The number of nitrogens with zero attached hydrogens (tertiary/aromatic N) is 2. The lowest BCUT2D eigenvalue weighted by Gasteiger charge is -2.08. The van der Waals surface area contributed by atoms with Crippen LogP contribution in [0.15, 0.2) is 60.9 Å². The summed E-state index contributed by atoms with van der Waals surface area (Å²) in [5, 5.41) is 16.6. The third-order valence-corrected chi connectivity index (χ3v) is 3.37. The van der Waals surface area contributed by atoms with Crippen molar-refractivity contribution in [2.45, 2.75) is 6.92 Å². The average Bonchev–Trinajstić information content (AvgIpc) is 2.99. The molecular formula is C17H15N3O2. The fraction of sp³-hybridized carbons (Fsp3) is 0.0588. The van der Waals surface area contributed by atoms with E-state index in [1.165, 1.54) is 0 Å². The largest absolute Gasteiger partial charge is 0.478 e. The second-order valence-corrected chi connectivity index (χ2v) is 4.97. The number of aromatic carboxylic acids is 1. The molecule has 0 aliphatic rings. The molecule has 5 heteroatoms. The van der Waals surface area contributed by atoms with Crippen LogP contribution in [0.1, 0.15) is 15.9 Å². The van der Waals surface area contributed by atoms with Crippen molar-refractivity contribution in [3.63, 3.8) is 0 Å². The molecule has 3 aromatic rings. The summed E-state index contributed by atoms with van der Waals surface area (Å²) in [6, 6.07) is 14.8. The standard InChI is InChI=1S/C17H15N3O2/c1-12-7-8-13(17(21)22)9-16(12)19-14-10-18-20(11-14)15-5-3-2-4-6-15/h2-11,19H,1H3,(H,21,22). The van der Waals surface area contributed by atoms with E-state index in [1.54, 1.807) is 29.1 Å². The van der Waals surface area contributed by atoms with E-state index in [-0.39, 0.29) is 5.56 Å². The maximum Gasteiger partial charge on any atom is 0.335 e. The quantitative estimate of drug-likeness (QED) is 0.771. The van der Waals surface area contributed by atoms with Gasteiger partial charge in [-0.25, -0.2) is 9.48 Å². The van der Waals surface area contributed by atoms with E-state index >= 15 is 0 Å². The van der Waals surface area contributed by atoms with E-state index in [4.69, 9.17) is 5.11 Å². The highest BCUT2D eigenvalue weighted by molar-refractivity contribution is 5.89. The second-order valence-electron chi connectivity index (χ2n) is 4.97. The molecular weight excluding hydrogens is 278 g/mol. The first-order chi connectivity index (χ1) is 10.6. The number of carboxylic acids is 1. The van der Waals surface area contributed by atoms with Crippen molar-refractivity contribution in [1.29, 1.82) is 0 Å². The number of nitrogens with one attached hydrogen (secondary N) is 1. The molecule has 22 heavy (non-hydrogen) atoms. The monoisotopic (exact) mass is 293 g/mol. The summed E-state index contributed by atoms with van der Waals surface area (Å²) < 4.78 is 1.76. The molecule has 0 fully saturated rings. The molecule has 110 valence electrons. The average molecular weight is 293 g/mol. The number of benzene rings is 2. The Hall–Kier alpha value is -3.08. The Kier molecular flexibility index (Phi) is 3.62. The van der Waals surface area contributed by atoms with Gasteiger partial charge < -0.3 is 10.4 Å². The fourth-order valence-corrected chi connectivity index (χ4v) is 2.15. The Balaban J connectivity index is 1.87. The number of rotatable bonds is 4. The lowest BCUT2D eigenvalue weighted by Crippen LogP contribution is -1.99. The molecule has 2 N–H and O–H groups in total. The Bertz CT molecular complexity index is 810. The molecule has 0 saturated heterocycles. The van der Waals surface area contributed by atoms with Gasteiger partial charge in [-0.3, -0.25) is 0 Å². The molecule has 3 rings (SSSR count). The Morgan fingerprint density at radius 2 is 1.95 bits per heavy atom. The smallest absolute Gasteiger partial charge is 0.335 e. The molecule has 1 heterocycles. The maximum absolute atomic E-state index is 11.1. The molecule has 0 saturated carbocycles. The van der Waals surface area contributed by atoms with E-state index in [0.717, 1.165) is 22.6 Å². The number of aryl methyl sites for hydroxylation is 1. The summed E-state index contributed by atoms with van der Waals surface area (Å²) in [6.07, 6.45) is 3.57. The fourth-order valence-electron chi connectivity index (χ4n) is 2.15. The minimum Gasteiger partial charge on any atom is -0.478 e. The highest BCUT2D eigenvalue weighted by Gasteiger charge is 2.07. The van der Waals surface area contributed by atoms with Gasteiger partial charge in [0.05, 0.1) is 29.3 Å². The van der Waals surface area contributed by atoms with E-state index in [0.29, 0.717) is 0 Å². The van der Waals surface area contributed by atoms with Crippen molar-refractivity contribution < 1.29 is 9.90 Å². The maximum atomic E-state index is 11.1. The molecule has 1 aromatic heterocycles. The number of anilines is 2. The van der Waals surface area contributed by atoms with Crippen LogP contribution >= 0.6 is 0 Å². The van der Waals surface area contributed by atoms with E-state index < -0.39 is 5.97 Å². The normalized spacial score (nSPS) is 10.4. The third-order valence-electron chi connectivity index (χ3n) is 3.37. The Morgan fingerprint density at radius 1 is 1.18 bits per heavy atom. The van der Waals surface area contributed by atoms with Gasteiger partial charge in [0.2, 0.25) is 0 Å². The van der Waals surface area contributed by atoms with Gasteiger partial charge in [0.15, 0.2) is 0 Å². The summed E-state index contributed by atoms with van der Waals surface area (Å²) in [5.74, 6) is -0.942. The van der Waals surface area contributed by atoms with Crippen molar-refractivity contribution in [3.05, 3.63) is 72.1 Å². The van der Waals surface area contributed by atoms with Gasteiger partial charge in [-0.05, 0) is 36.8 Å². The topological polar surface area (TPSA) is 67.2 Å². The first kappa shape index (κ1) is 13.9. The number of hydrogen-bond donors (Lipinski definition) is 2. The van der Waals surface area contributed by atoms with Crippen molar-refractivity contribution in [1.82, 2.24) is 9.78 Å². The number of carbonyl (C=O) groups is 1. The highest BCUT2D eigenvalue weighted by atomic mass is 16.4. The third kappa shape index (κ3) is 2.83. The van der Waals surface area contributed by atoms with Gasteiger partial charge in [0.1, 0.15) is 0 Å². The zero-order valence-corrected chi connectivity index (χ0v) is 12.0. The summed E-state index contributed by atoms with van der Waals surface area (Å²) in [4.78, 5) is 11.1. The van der Waals surface area contributed by atoms with E-state index in [1.807, 2.05) is 43.5 Å². The summed E-state index contributed by atoms with van der Waals surface area (Å²) >= 11 is 0. The lowest BCUT2D eigenvalue weighted by molar-refractivity contribution is 0.0697. The van der Waals surface area contributed by atoms with Crippen LogP contribution in [-0.2, 0) is 0 Å². The minimum absolute atomic E-state index is 0.253. The summed E-state index contributed by atoms with van der Waals surface area (Å²) in [6.45, 7) is 1.93. The van der Waals surface area contributed by atoms with Crippen molar-refractivity contribution >= 4 is 17.3 Å². The predicted octanol–water partition coefficient (Wildman–Crippen LogP) is 3.62. The molecule has 0 aliphatic heterocycles. The molecule has 5 nitrogen and oxygen atoms in total. The van der Waals surface area contributed by atoms with Gasteiger partial charge in [-0.15, -0.1) is 0 Å². The number of aromatic nitrogens is 2. The lowest BCUT2D eigenvalue weighted by atomic mass is 10.1. The number of hydrogen-bond acceptors (Lipinski definition) is 3. The second kappa shape index (κ2) is 5.73. The van der Waals surface area contributed by atoms with Crippen LogP contribution < -0.4 is 5.32 Å².